The zero-order valence-corrected chi connectivity index (χ0v) is 9.33. The Morgan fingerprint density at radius 1 is 1.15 bits per heavy atom. The molecule has 0 spiro atoms. The molecule has 13 heavy (non-hydrogen) atoms. The van der Waals surface area contributed by atoms with E-state index in [0.717, 1.165) is 0 Å². The summed E-state index contributed by atoms with van der Waals surface area (Å²) in [6.07, 6.45) is -0.0416. The van der Waals surface area contributed by atoms with E-state index in [1.54, 1.807) is 0 Å². The fourth-order valence-corrected chi connectivity index (χ4v) is 0.990. The van der Waals surface area contributed by atoms with Gasteiger partial charge in [-0.2, -0.15) is 0 Å². The molecule has 3 nitrogen and oxygen atoms in total. The van der Waals surface area contributed by atoms with Crippen molar-refractivity contribution in [1.29, 1.82) is 0 Å². The molecule has 0 fully saturated rings. The maximum Gasteiger partial charge on any atom is 0.0787 e. The zero-order chi connectivity index (χ0) is 10.5. The van der Waals surface area contributed by atoms with Gasteiger partial charge in [0.2, 0.25) is 0 Å². The molecule has 0 saturated heterocycles. The molecule has 0 heterocycles. The van der Waals surface area contributed by atoms with Gasteiger partial charge < -0.3 is 14.6 Å². The van der Waals surface area contributed by atoms with Crippen LogP contribution in [-0.2, 0) is 9.47 Å². The van der Waals surface area contributed by atoms with Crippen LogP contribution in [0.1, 0.15) is 34.6 Å². The molecule has 0 aliphatic rings. The average molecular weight is 190 g/mol. The van der Waals surface area contributed by atoms with Gasteiger partial charge in [-0.25, -0.2) is 0 Å². The normalized spacial score (nSPS) is 17.1. The second-order valence-electron chi connectivity index (χ2n) is 4.37. The van der Waals surface area contributed by atoms with Gasteiger partial charge >= 0.3 is 0 Å². The fourth-order valence-electron chi connectivity index (χ4n) is 0.990. The van der Waals surface area contributed by atoms with Gasteiger partial charge in [-0.3, -0.25) is 0 Å². The lowest BCUT2D eigenvalue weighted by Gasteiger charge is -2.25. The lowest BCUT2D eigenvalue weighted by molar-refractivity contribution is -0.0996. The number of rotatable bonds is 5. The average Bonchev–Trinajstić information content (AvgIpc) is 1.97. The highest BCUT2D eigenvalue weighted by molar-refractivity contribution is 4.62. The summed E-state index contributed by atoms with van der Waals surface area (Å²) in [5.74, 6) is 0. The molecule has 3 heteroatoms. The Labute approximate surface area is 81.0 Å². The number of ether oxygens (including phenoxy) is 2. The molecular formula is C10H22O3. The monoisotopic (exact) mass is 190 g/mol. The van der Waals surface area contributed by atoms with Crippen LogP contribution < -0.4 is 0 Å². The van der Waals surface area contributed by atoms with Crippen molar-refractivity contribution in [3.05, 3.63) is 0 Å². The highest BCUT2D eigenvalue weighted by Gasteiger charge is 2.15. The van der Waals surface area contributed by atoms with Gasteiger partial charge in [0.1, 0.15) is 0 Å². The molecule has 0 aromatic rings. The summed E-state index contributed by atoms with van der Waals surface area (Å²) in [7, 11) is 0. The molecule has 0 amide bonds. The molecule has 0 radical (unpaired) electrons. The highest BCUT2D eigenvalue weighted by Crippen LogP contribution is 2.10. The van der Waals surface area contributed by atoms with Crippen molar-refractivity contribution in [2.24, 2.45) is 0 Å². The summed E-state index contributed by atoms with van der Waals surface area (Å²) in [5.41, 5.74) is -0.134. The van der Waals surface area contributed by atoms with Gasteiger partial charge in [-0.1, -0.05) is 0 Å². The van der Waals surface area contributed by atoms with Gasteiger partial charge in [0.25, 0.3) is 0 Å². The summed E-state index contributed by atoms with van der Waals surface area (Å²) < 4.78 is 10.9. The Morgan fingerprint density at radius 2 is 1.69 bits per heavy atom. The maximum atomic E-state index is 8.71. The number of hydrogen-bond donors (Lipinski definition) is 1. The van der Waals surface area contributed by atoms with E-state index in [0.29, 0.717) is 6.61 Å². The Hall–Kier alpha value is -0.120. The van der Waals surface area contributed by atoms with Crippen molar-refractivity contribution in [2.75, 3.05) is 13.2 Å². The third-order valence-corrected chi connectivity index (χ3v) is 1.43. The Balaban J connectivity index is 3.57. The molecule has 0 saturated carbocycles. The topological polar surface area (TPSA) is 38.7 Å². The molecule has 1 N–H and O–H groups in total. The molecular weight excluding hydrogens is 168 g/mol. The largest absolute Gasteiger partial charge is 0.394 e. The first-order valence-corrected chi connectivity index (χ1v) is 4.75. The molecule has 0 unspecified atom stereocenters. The lowest BCUT2D eigenvalue weighted by Crippen LogP contribution is -2.30. The van der Waals surface area contributed by atoms with Gasteiger partial charge in [-0.15, -0.1) is 0 Å². The third kappa shape index (κ3) is 8.22. The number of hydrogen-bond acceptors (Lipinski definition) is 3. The molecule has 80 valence electrons. The van der Waals surface area contributed by atoms with E-state index in [-0.39, 0.29) is 24.4 Å². The van der Waals surface area contributed by atoms with Crippen LogP contribution in [0.5, 0.6) is 0 Å². The van der Waals surface area contributed by atoms with E-state index < -0.39 is 0 Å². The van der Waals surface area contributed by atoms with Gasteiger partial charge in [0, 0.05) is 0 Å². The van der Waals surface area contributed by atoms with Crippen LogP contribution in [0.25, 0.3) is 0 Å². The summed E-state index contributed by atoms with van der Waals surface area (Å²) in [4.78, 5) is 0. The van der Waals surface area contributed by atoms with Crippen molar-refractivity contribution < 1.29 is 14.6 Å². The first-order chi connectivity index (χ1) is 5.85. The van der Waals surface area contributed by atoms with Gasteiger partial charge in [-0.05, 0) is 34.6 Å². The Bertz CT molecular complexity index is 129. The summed E-state index contributed by atoms with van der Waals surface area (Å²) >= 11 is 0. The van der Waals surface area contributed by atoms with Crippen LogP contribution in [0.4, 0.5) is 0 Å². The fraction of sp³-hybridized carbons (Fsp3) is 1.00. The molecule has 0 aromatic heterocycles. The minimum Gasteiger partial charge on any atom is -0.394 e. The molecule has 0 bridgehead atoms. The van der Waals surface area contributed by atoms with Crippen LogP contribution in [0.2, 0.25) is 0 Å². The van der Waals surface area contributed by atoms with Crippen LogP contribution in [0.3, 0.4) is 0 Å². The van der Waals surface area contributed by atoms with Gasteiger partial charge in [0.05, 0.1) is 31.0 Å². The molecule has 2 atom stereocenters. The van der Waals surface area contributed by atoms with E-state index in [9.17, 15) is 0 Å². The van der Waals surface area contributed by atoms with E-state index in [2.05, 4.69) is 0 Å². The summed E-state index contributed by atoms with van der Waals surface area (Å²) in [5, 5.41) is 8.71. The van der Waals surface area contributed by atoms with Crippen molar-refractivity contribution >= 4 is 0 Å². The standard InChI is InChI=1S/C10H22O3/c1-8(6-11)12-7-9(2)13-10(3,4)5/h8-9,11H,6-7H2,1-5H3/t8-,9-/m0/s1. The molecule has 0 rings (SSSR count). The second-order valence-corrected chi connectivity index (χ2v) is 4.37. The second kappa shape index (κ2) is 5.58. The smallest absolute Gasteiger partial charge is 0.0787 e. The van der Waals surface area contributed by atoms with E-state index in [1.807, 2.05) is 34.6 Å². The maximum absolute atomic E-state index is 8.71. The van der Waals surface area contributed by atoms with Crippen LogP contribution in [0, 0.1) is 0 Å². The van der Waals surface area contributed by atoms with E-state index >= 15 is 0 Å². The summed E-state index contributed by atoms with van der Waals surface area (Å²) in [6.45, 7) is 10.4. The predicted molar refractivity (Wildman–Crippen MR) is 52.8 cm³/mol. The van der Waals surface area contributed by atoms with Crippen LogP contribution in [-0.4, -0.2) is 36.1 Å². The number of aliphatic hydroxyl groups excluding tert-OH is 1. The minimum absolute atomic E-state index is 0.0578. The third-order valence-electron chi connectivity index (χ3n) is 1.43. The minimum atomic E-state index is -0.134. The first kappa shape index (κ1) is 12.9. The number of aliphatic hydroxyl groups is 1. The molecule has 0 aromatic carbocycles. The van der Waals surface area contributed by atoms with Crippen molar-refractivity contribution in [3.8, 4) is 0 Å². The van der Waals surface area contributed by atoms with Crippen molar-refractivity contribution in [3.63, 3.8) is 0 Å². The summed E-state index contributed by atoms with van der Waals surface area (Å²) in [6, 6.07) is 0. The van der Waals surface area contributed by atoms with Crippen molar-refractivity contribution in [2.45, 2.75) is 52.4 Å². The van der Waals surface area contributed by atoms with Crippen molar-refractivity contribution in [1.82, 2.24) is 0 Å². The Morgan fingerprint density at radius 3 is 2.08 bits per heavy atom. The van der Waals surface area contributed by atoms with Crippen LogP contribution >= 0.6 is 0 Å². The highest BCUT2D eigenvalue weighted by atomic mass is 16.6. The van der Waals surface area contributed by atoms with Gasteiger partial charge in [0.15, 0.2) is 0 Å². The SMILES string of the molecule is C[C@@H](CO)OC[C@H](C)OC(C)(C)C. The zero-order valence-electron chi connectivity index (χ0n) is 9.33. The van der Waals surface area contributed by atoms with E-state index in [1.165, 1.54) is 0 Å². The lowest BCUT2D eigenvalue weighted by atomic mass is 10.2. The quantitative estimate of drug-likeness (QED) is 0.715. The molecule has 0 aliphatic carbocycles. The van der Waals surface area contributed by atoms with E-state index in [4.69, 9.17) is 14.6 Å². The first-order valence-electron chi connectivity index (χ1n) is 4.75. The van der Waals surface area contributed by atoms with Crippen LogP contribution in [0.15, 0.2) is 0 Å². The molecule has 0 aliphatic heterocycles. The predicted octanol–water partition coefficient (Wildman–Crippen LogP) is 1.59. The Kier molecular flexibility index (Phi) is 5.53.